The van der Waals surface area contributed by atoms with E-state index in [1.807, 2.05) is 19.1 Å². The maximum atomic E-state index is 12.1. The van der Waals surface area contributed by atoms with E-state index in [9.17, 15) is 9.59 Å². The van der Waals surface area contributed by atoms with E-state index in [1.165, 1.54) is 23.9 Å². The van der Waals surface area contributed by atoms with Gasteiger partial charge in [0.25, 0.3) is 5.91 Å². The summed E-state index contributed by atoms with van der Waals surface area (Å²) in [6, 6.07) is 11.8. The first-order valence-corrected chi connectivity index (χ1v) is 8.51. The van der Waals surface area contributed by atoms with Crippen molar-refractivity contribution in [3.05, 3.63) is 69.1 Å². The smallest absolute Gasteiger partial charge is 0.335 e. The molecule has 0 saturated carbocycles. The minimum atomic E-state index is -1.02. The predicted molar refractivity (Wildman–Crippen MR) is 100 cm³/mol. The summed E-state index contributed by atoms with van der Waals surface area (Å²) in [6.45, 7) is 1.83. The minimum absolute atomic E-state index is 0.149. The number of halogens is 1. The molecule has 0 spiro atoms. The van der Waals surface area contributed by atoms with Crippen molar-refractivity contribution >= 4 is 52.2 Å². The van der Waals surface area contributed by atoms with E-state index in [0.717, 1.165) is 11.1 Å². The second kappa shape index (κ2) is 7.13. The lowest BCUT2D eigenvalue weighted by Crippen LogP contribution is -2.19. The molecule has 1 aliphatic rings. The Bertz CT molecular complexity index is 920. The first-order chi connectivity index (χ1) is 11.9. The number of carbonyl (C=O) groups excluding carboxylic acids is 1. The Hall–Kier alpha value is -2.57. The molecule has 0 bridgehead atoms. The van der Waals surface area contributed by atoms with Gasteiger partial charge in [-0.3, -0.25) is 4.79 Å². The number of carboxylic acids is 1. The molecule has 7 heteroatoms. The van der Waals surface area contributed by atoms with Crippen LogP contribution in [0.25, 0.3) is 6.08 Å². The molecular formula is C18H13ClN2O3S. The van der Waals surface area contributed by atoms with Crippen molar-refractivity contribution < 1.29 is 14.7 Å². The number of hydrogen-bond acceptors (Lipinski definition) is 4. The molecule has 5 nitrogen and oxygen atoms in total. The first-order valence-electron chi connectivity index (χ1n) is 7.31. The highest BCUT2D eigenvalue weighted by Gasteiger charge is 2.24. The van der Waals surface area contributed by atoms with E-state index in [1.54, 1.807) is 24.3 Å². The molecule has 1 aliphatic heterocycles. The molecule has 0 unspecified atom stereocenters. The molecule has 1 fully saturated rings. The van der Waals surface area contributed by atoms with Crippen molar-refractivity contribution in [3.8, 4) is 0 Å². The number of thioether (sulfide) groups is 1. The quantitative estimate of drug-likeness (QED) is 0.790. The number of aliphatic imine (C=N–C) groups is 1. The molecular weight excluding hydrogens is 360 g/mol. The van der Waals surface area contributed by atoms with E-state index >= 15 is 0 Å². The van der Waals surface area contributed by atoms with Crippen LogP contribution in [0, 0.1) is 6.92 Å². The predicted octanol–water partition coefficient (Wildman–Crippen LogP) is 4.24. The van der Waals surface area contributed by atoms with Crippen LogP contribution in [0.2, 0.25) is 5.02 Å². The van der Waals surface area contributed by atoms with E-state index < -0.39 is 5.97 Å². The Morgan fingerprint density at radius 1 is 1.24 bits per heavy atom. The van der Waals surface area contributed by atoms with Crippen molar-refractivity contribution in [2.24, 2.45) is 4.99 Å². The summed E-state index contributed by atoms with van der Waals surface area (Å²) in [6.07, 6.45) is 1.75. The van der Waals surface area contributed by atoms with Crippen LogP contribution in [-0.2, 0) is 4.79 Å². The number of hydrogen-bond donors (Lipinski definition) is 2. The van der Waals surface area contributed by atoms with Crippen LogP contribution in [0.4, 0.5) is 5.69 Å². The second-order valence-corrected chi connectivity index (χ2v) is 6.81. The molecule has 2 N–H and O–H groups in total. The van der Waals surface area contributed by atoms with Gasteiger partial charge >= 0.3 is 5.97 Å². The summed E-state index contributed by atoms with van der Waals surface area (Å²) < 4.78 is 0. The molecule has 0 radical (unpaired) electrons. The topological polar surface area (TPSA) is 78.8 Å². The lowest BCUT2D eigenvalue weighted by Gasteiger charge is -2.03. The average Bonchev–Trinajstić information content (AvgIpc) is 2.91. The Balaban J connectivity index is 1.87. The van der Waals surface area contributed by atoms with Gasteiger partial charge in [0.2, 0.25) is 0 Å². The van der Waals surface area contributed by atoms with Crippen LogP contribution in [0.1, 0.15) is 21.5 Å². The van der Waals surface area contributed by atoms with Gasteiger partial charge in [-0.15, -0.1) is 0 Å². The van der Waals surface area contributed by atoms with E-state index in [0.29, 0.717) is 20.8 Å². The van der Waals surface area contributed by atoms with Gasteiger partial charge in [0.15, 0.2) is 5.17 Å². The van der Waals surface area contributed by atoms with Crippen LogP contribution in [0.5, 0.6) is 0 Å². The summed E-state index contributed by atoms with van der Waals surface area (Å²) in [5.74, 6) is -1.27. The maximum Gasteiger partial charge on any atom is 0.335 e. The third-order valence-electron chi connectivity index (χ3n) is 3.50. The Kier molecular flexibility index (Phi) is 4.92. The lowest BCUT2D eigenvalue weighted by molar-refractivity contribution is -0.115. The fourth-order valence-electron chi connectivity index (χ4n) is 2.16. The number of nitrogens with zero attached hydrogens (tertiary/aromatic N) is 1. The summed E-state index contributed by atoms with van der Waals surface area (Å²) in [5.41, 5.74) is 2.33. The molecule has 126 valence electrons. The van der Waals surface area contributed by atoms with Gasteiger partial charge in [-0.2, -0.15) is 0 Å². The van der Waals surface area contributed by atoms with Crippen LogP contribution >= 0.6 is 23.4 Å². The van der Waals surface area contributed by atoms with Crippen LogP contribution < -0.4 is 5.32 Å². The van der Waals surface area contributed by atoms with Gasteiger partial charge in [0, 0.05) is 5.02 Å². The molecule has 25 heavy (non-hydrogen) atoms. The second-order valence-electron chi connectivity index (χ2n) is 5.34. The molecule has 1 amide bonds. The van der Waals surface area contributed by atoms with Gasteiger partial charge in [-0.1, -0.05) is 29.8 Å². The van der Waals surface area contributed by atoms with E-state index in [2.05, 4.69) is 10.3 Å². The third-order valence-corrected chi connectivity index (χ3v) is 4.66. The largest absolute Gasteiger partial charge is 0.478 e. The normalized spacial score (nSPS) is 17.1. The number of aromatic carboxylic acids is 1. The number of amidine groups is 1. The number of benzene rings is 2. The van der Waals surface area contributed by atoms with E-state index in [-0.39, 0.29) is 11.5 Å². The number of carbonyl (C=O) groups is 2. The van der Waals surface area contributed by atoms with E-state index in [4.69, 9.17) is 16.7 Å². The fourth-order valence-corrected chi connectivity index (χ4v) is 3.12. The number of nitrogens with one attached hydrogen (secondary N) is 1. The summed E-state index contributed by atoms with van der Waals surface area (Å²) >= 11 is 7.06. The maximum absolute atomic E-state index is 12.1. The Morgan fingerprint density at radius 3 is 2.64 bits per heavy atom. The summed E-state index contributed by atoms with van der Waals surface area (Å²) in [4.78, 5) is 28.1. The average molecular weight is 373 g/mol. The lowest BCUT2D eigenvalue weighted by atomic mass is 10.1. The molecule has 1 heterocycles. The number of amides is 1. The SMILES string of the molecule is Cc1ccc(C(=O)O)cc1N=C1NC(=O)/C(=C/c2ccc(Cl)cc2)S1. The zero-order valence-electron chi connectivity index (χ0n) is 13.1. The summed E-state index contributed by atoms with van der Waals surface area (Å²) in [7, 11) is 0. The molecule has 0 aliphatic carbocycles. The van der Waals surface area contributed by atoms with Crippen molar-refractivity contribution in [1.82, 2.24) is 5.32 Å². The Labute approximate surface area is 153 Å². The van der Waals surface area contributed by atoms with Crippen LogP contribution in [0.3, 0.4) is 0 Å². The van der Waals surface area contributed by atoms with Gasteiger partial charge in [-0.25, -0.2) is 9.79 Å². The van der Waals surface area contributed by atoms with Gasteiger partial charge < -0.3 is 10.4 Å². The Morgan fingerprint density at radius 2 is 1.96 bits per heavy atom. The molecule has 2 aromatic rings. The van der Waals surface area contributed by atoms with Crippen molar-refractivity contribution in [3.63, 3.8) is 0 Å². The third kappa shape index (κ3) is 4.10. The molecule has 1 saturated heterocycles. The highest BCUT2D eigenvalue weighted by Crippen LogP contribution is 2.29. The molecule has 0 atom stereocenters. The fraction of sp³-hybridized carbons (Fsp3) is 0.0556. The highest BCUT2D eigenvalue weighted by atomic mass is 35.5. The van der Waals surface area contributed by atoms with Gasteiger partial charge in [0.05, 0.1) is 16.2 Å². The molecule has 2 aromatic carbocycles. The van der Waals surface area contributed by atoms with Gasteiger partial charge in [-0.05, 0) is 60.2 Å². The number of aryl methyl sites for hydroxylation is 1. The highest BCUT2D eigenvalue weighted by molar-refractivity contribution is 8.18. The van der Waals surface area contributed by atoms with Crippen molar-refractivity contribution in [1.29, 1.82) is 0 Å². The van der Waals surface area contributed by atoms with Crippen molar-refractivity contribution in [2.45, 2.75) is 6.92 Å². The zero-order valence-corrected chi connectivity index (χ0v) is 14.7. The van der Waals surface area contributed by atoms with Crippen LogP contribution in [0.15, 0.2) is 52.4 Å². The first kappa shape index (κ1) is 17.3. The standard InChI is InChI=1S/C18H13ClN2O3S/c1-10-2-5-12(17(23)24)9-14(10)20-18-21-16(22)15(25-18)8-11-3-6-13(19)7-4-11/h2-9H,1H3,(H,23,24)(H,20,21,22)/b15-8-. The monoisotopic (exact) mass is 372 g/mol. The van der Waals surface area contributed by atoms with Crippen molar-refractivity contribution in [2.75, 3.05) is 0 Å². The number of rotatable bonds is 3. The zero-order chi connectivity index (χ0) is 18.0. The summed E-state index contributed by atoms with van der Waals surface area (Å²) in [5, 5.41) is 12.8. The minimum Gasteiger partial charge on any atom is -0.478 e. The number of carboxylic acid groups (broad SMARTS) is 1. The molecule has 0 aromatic heterocycles. The van der Waals surface area contributed by atoms with Crippen LogP contribution in [-0.4, -0.2) is 22.2 Å². The molecule has 3 rings (SSSR count). The van der Waals surface area contributed by atoms with Gasteiger partial charge in [0.1, 0.15) is 0 Å².